The minimum absolute atomic E-state index is 0.0551. The molecule has 0 spiro atoms. The van der Waals surface area contributed by atoms with Crippen molar-refractivity contribution in [1.29, 1.82) is 0 Å². The fourth-order valence-corrected chi connectivity index (χ4v) is 2.01. The summed E-state index contributed by atoms with van der Waals surface area (Å²) in [5.74, 6) is 4.74. The van der Waals surface area contributed by atoms with Crippen molar-refractivity contribution < 1.29 is 27.8 Å². The fraction of sp³-hybridized carbons (Fsp3) is 0.211. The second-order valence-electron chi connectivity index (χ2n) is 5.09. The quantitative estimate of drug-likeness (QED) is 0.760. The second kappa shape index (κ2) is 9.87. The molecule has 0 aliphatic rings. The molecule has 0 aromatic heterocycles. The van der Waals surface area contributed by atoms with Gasteiger partial charge in [0, 0.05) is 12.1 Å². The summed E-state index contributed by atoms with van der Waals surface area (Å²) < 4.78 is 41.5. The third kappa shape index (κ3) is 6.08. The molecule has 0 heterocycles. The number of urea groups is 1. The van der Waals surface area contributed by atoms with Crippen LogP contribution in [0.25, 0.3) is 0 Å². The Balaban J connectivity index is 1.77. The van der Waals surface area contributed by atoms with Crippen LogP contribution in [-0.2, 0) is 0 Å². The van der Waals surface area contributed by atoms with Gasteiger partial charge in [-0.1, -0.05) is 11.8 Å². The first-order valence-corrected chi connectivity index (χ1v) is 7.84. The van der Waals surface area contributed by atoms with Gasteiger partial charge in [0.25, 0.3) is 0 Å². The Hall–Kier alpha value is -3.47. The molecule has 0 radical (unpaired) electrons. The first-order chi connectivity index (χ1) is 13.0. The highest BCUT2D eigenvalue weighted by atomic mass is 19.1. The number of rotatable bonds is 6. The van der Waals surface area contributed by atoms with Gasteiger partial charge in [0.1, 0.15) is 23.9 Å². The van der Waals surface area contributed by atoms with Crippen LogP contribution in [0, 0.1) is 23.5 Å². The van der Waals surface area contributed by atoms with Crippen molar-refractivity contribution in [3.63, 3.8) is 0 Å². The number of halogens is 2. The van der Waals surface area contributed by atoms with Crippen LogP contribution < -0.4 is 24.8 Å². The molecule has 8 heteroatoms. The van der Waals surface area contributed by atoms with E-state index in [4.69, 9.17) is 14.2 Å². The minimum atomic E-state index is -0.803. The molecular formula is C19H18F2N2O4. The van der Waals surface area contributed by atoms with E-state index in [1.165, 1.54) is 20.3 Å². The SMILES string of the molecule is COc1ccc(NC(=O)NCC#CCOc2ccc(F)cc2F)c(OC)c1. The number of methoxy groups -OCH3 is 2. The molecule has 0 saturated carbocycles. The van der Waals surface area contributed by atoms with Crippen molar-refractivity contribution in [2.24, 2.45) is 0 Å². The van der Waals surface area contributed by atoms with Crippen LogP contribution in [0.1, 0.15) is 0 Å². The van der Waals surface area contributed by atoms with Gasteiger partial charge in [0.2, 0.25) is 0 Å². The third-order valence-electron chi connectivity index (χ3n) is 3.31. The van der Waals surface area contributed by atoms with Crippen LogP contribution in [0.15, 0.2) is 36.4 Å². The van der Waals surface area contributed by atoms with E-state index in [1.54, 1.807) is 18.2 Å². The van der Waals surface area contributed by atoms with Gasteiger partial charge in [-0.05, 0) is 24.3 Å². The van der Waals surface area contributed by atoms with Gasteiger partial charge in [-0.3, -0.25) is 0 Å². The number of nitrogens with one attached hydrogen (secondary N) is 2. The molecule has 6 nitrogen and oxygen atoms in total. The first-order valence-electron chi connectivity index (χ1n) is 7.84. The Kier molecular flexibility index (Phi) is 7.26. The number of carbonyl (C=O) groups excluding carboxylic acids is 1. The van der Waals surface area contributed by atoms with E-state index in [2.05, 4.69) is 22.5 Å². The number of benzene rings is 2. The lowest BCUT2D eigenvalue weighted by atomic mass is 10.2. The Labute approximate surface area is 155 Å². The minimum Gasteiger partial charge on any atom is -0.497 e. The topological polar surface area (TPSA) is 68.8 Å². The van der Waals surface area contributed by atoms with Crippen molar-refractivity contribution >= 4 is 11.7 Å². The van der Waals surface area contributed by atoms with Crippen molar-refractivity contribution in [3.8, 4) is 29.1 Å². The van der Waals surface area contributed by atoms with Gasteiger partial charge in [-0.2, -0.15) is 0 Å². The normalized spacial score (nSPS) is 9.63. The highest BCUT2D eigenvalue weighted by Gasteiger charge is 2.08. The molecule has 0 fully saturated rings. The molecular weight excluding hydrogens is 358 g/mol. The number of carbonyl (C=O) groups is 1. The van der Waals surface area contributed by atoms with Gasteiger partial charge >= 0.3 is 6.03 Å². The molecule has 2 rings (SSSR count). The van der Waals surface area contributed by atoms with Gasteiger partial charge in [0.05, 0.1) is 26.5 Å². The predicted molar refractivity (Wildman–Crippen MR) is 96.2 cm³/mol. The zero-order valence-corrected chi connectivity index (χ0v) is 14.8. The monoisotopic (exact) mass is 376 g/mol. The average molecular weight is 376 g/mol. The highest BCUT2D eigenvalue weighted by Crippen LogP contribution is 2.28. The molecule has 2 aromatic rings. The smallest absolute Gasteiger partial charge is 0.320 e. The zero-order chi connectivity index (χ0) is 19.6. The average Bonchev–Trinajstić information content (AvgIpc) is 2.66. The van der Waals surface area contributed by atoms with Gasteiger partial charge in [-0.15, -0.1) is 0 Å². The number of amides is 2. The summed E-state index contributed by atoms with van der Waals surface area (Å²) in [5.41, 5.74) is 0.471. The number of hydrogen-bond acceptors (Lipinski definition) is 4. The van der Waals surface area contributed by atoms with Crippen LogP contribution in [-0.4, -0.2) is 33.4 Å². The maximum absolute atomic E-state index is 13.4. The van der Waals surface area contributed by atoms with Crippen molar-refractivity contribution in [2.45, 2.75) is 0 Å². The van der Waals surface area contributed by atoms with Crippen molar-refractivity contribution in [3.05, 3.63) is 48.0 Å². The molecule has 2 N–H and O–H groups in total. The van der Waals surface area contributed by atoms with Crippen LogP contribution in [0.5, 0.6) is 17.2 Å². The number of anilines is 1. The molecule has 2 amide bonds. The zero-order valence-electron chi connectivity index (χ0n) is 14.8. The van der Waals surface area contributed by atoms with Crippen LogP contribution >= 0.6 is 0 Å². The first kappa shape index (κ1) is 19.8. The maximum atomic E-state index is 13.4. The molecule has 0 atom stereocenters. The summed E-state index contributed by atoms with van der Waals surface area (Å²) in [6.45, 7) is -0.0439. The van der Waals surface area contributed by atoms with Crippen LogP contribution in [0.4, 0.5) is 19.3 Å². The lowest BCUT2D eigenvalue weighted by Gasteiger charge is -2.11. The van der Waals surface area contributed by atoms with Gasteiger partial charge < -0.3 is 24.8 Å². The molecule has 0 bridgehead atoms. The molecule has 27 heavy (non-hydrogen) atoms. The summed E-state index contributed by atoms with van der Waals surface area (Å²) in [4.78, 5) is 11.9. The van der Waals surface area contributed by atoms with E-state index in [-0.39, 0.29) is 18.9 Å². The van der Waals surface area contributed by atoms with Crippen LogP contribution in [0.2, 0.25) is 0 Å². The number of ether oxygens (including phenoxy) is 3. The molecule has 142 valence electrons. The lowest BCUT2D eigenvalue weighted by Crippen LogP contribution is -2.29. The van der Waals surface area contributed by atoms with E-state index in [1.807, 2.05) is 0 Å². The predicted octanol–water partition coefficient (Wildman–Crippen LogP) is 3.19. The van der Waals surface area contributed by atoms with Gasteiger partial charge in [0.15, 0.2) is 11.6 Å². The molecule has 0 aliphatic heterocycles. The summed E-state index contributed by atoms with van der Waals surface area (Å²) in [6.07, 6.45) is 0. The standard InChI is InChI=1S/C19H18F2N2O4/c1-25-14-6-7-16(18(12-14)26-2)23-19(24)22-9-3-4-10-27-17-8-5-13(20)11-15(17)21/h5-8,11-12H,9-10H2,1-2H3,(H2,22,23,24). The van der Waals surface area contributed by atoms with E-state index in [0.717, 1.165) is 12.1 Å². The van der Waals surface area contributed by atoms with E-state index < -0.39 is 17.7 Å². The Bertz CT molecular complexity index is 863. The van der Waals surface area contributed by atoms with E-state index in [9.17, 15) is 13.6 Å². The van der Waals surface area contributed by atoms with Gasteiger partial charge in [-0.25, -0.2) is 13.6 Å². The molecule has 0 aliphatic carbocycles. The maximum Gasteiger partial charge on any atom is 0.320 e. The largest absolute Gasteiger partial charge is 0.497 e. The molecule has 0 saturated heterocycles. The second-order valence-corrected chi connectivity index (χ2v) is 5.09. The Morgan fingerprint density at radius 1 is 1.04 bits per heavy atom. The number of hydrogen-bond donors (Lipinski definition) is 2. The summed E-state index contributed by atoms with van der Waals surface area (Å²) >= 11 is 0. The lowest BCUT2D eigenvalue weighted by molar-refractivity contribution is 0.253. The molecule has 2 aromatic carbocycles. The molecule has 0 unspecified atom stereocenters. The Morgan fingerprint density at radius 2 is 1.85 bits per heavy atom. The van der Waals surface area contributed by atoms with Crippen molar-refractivity contribution in [2.75, 3.05) is 32.7 Å². The Morgan fingerprint density at radius 3 is 2.56 bits per heavy atom. The van der Waals surface area contributed by atoms with Crippen molar-refractivity contribution in [1.82, 2.24) is 5.32 Å². The van der Waals surface area contributed by atoms with Crippen LogP contribution in [0.3, 0.4) is 0 Å². The highest BCUT2D eigenvalue weighted by molar-refractivity contribution is 5.91. The van der Waals surface area contributed by atoms with E-state index in [0.29, 0.717) is 17.2 Å². The third-order valence-corrected chi connectivity index (χ3v) is 3.31. The summed E-state index contributed by atoms with van der Waals surface area (Å²) in [6, 6.07) is 7.49. The summed E-state index contributed by atoms with van der Waals surface area (Å²) in [5, 5.41) is 5.17. The summed E-state index contributed by atoms with van der Waals surface area (Å²) in [7, 11) is 3.01. The van der Waals surface area contributed by atoms with E-state index >= 15 is 0 Å². The fourth-order valence-electron chi connectivity index (χ4n) is 2.01.